The lowest BCUT2D eigenvalue weighted by Crippen LogP contribution is -2.44. The molecule has 2 saturated heterocycles. The number of halogens is 1. The molecule has 7 rings (SSSR count). The van der Waals surface area contributed by atoms with Crippen molar-refractivity contribution in [2.75, 3.05) is 37.7 Å². The number of hydrogen-bond acceptors (Lipinski definition) is 8. The van der Waals surface area contributed by atoms with Crippen LogP contribution in [0.5, 0.6) is 5.75 Å². The number of aromatic nitrogens is 4. The monoisotopic (exact) mass is 604 g/mol. The molecular formula is C32H37FN6O3S. The number of fused-ring (bicyclic) bond motifs is 2. The number of aryl methyl sites for hydroxylation is 2. The van der Waals surface area contributed by atoms with E-state index in [-0.39, 0.29) is 6.42 Å². The average molecular weight is 605 g/mol. The van der Waals surface area contributed by atoms with Crippen molar-refractivity contribution in [1.29, 1.82) is 0 Å². The summed E-state index contributed by atoms with van der Waals surface area (Å²) in [5, 5.41) is 11.4. The Morgan fingerprint density at radius 3 is 2.63 bits per heavy atom. The van der Waals surface area contributed by atoms with Gasteiger partial charge < -0.3 is 24.2 Å². The van der Waals surface area contributed by atoms with Crippen LogP contribution in [0.4, 0.5) is 10.3 Å². The molecule has 43 heavy (non-hydrogen) atoms. The molecule has 9 nitrogen and oxygen atoms in total. The van der Waals surface area contributed by atoms with Gasteiger partial charge in [0.05, 0.1) is 18.7 Å². The van der Waals surface area contributed by atoms with Crippen molar-refractivity contribution in [3.8, 4) is 27.6 Å². The molecule has 3 aliphatic rings. The maximum absolute atomic E-state index is 15.4. The third-order valence-corrected chi connectivity index (χ3v) is 10.3. The van der Waals surface area contributed by atoms with E-state index in [4.69, 9.17) is 19.1 Å². The molecule has 6 heterocycles. The number of rotatable bonds is 6. The number of likely N-dealkylation sites (tertiary alicyclic amines) is 1. The third-order valence-electron chi connectivity index (χ3n) is 9.55. The van der Waals surface area contributed by atoms with Crippen LogP contribution in [0.25, 0.3) is 32.9 Å². The minimum atomic E-state index is -0.955. The van der Waals surface area contributed by atoms with Crippen molar-refractivity contribution in [3.05, 3.63) is 40.3 Å². The molecule has 2 fully saturated rings. The highest BCUT2D eigenvalue weighted by Gasteiger charge is 2.29. The SMILES string of the molecule is Cc1nc2c(cc(-c3nc(N4CCC(N5CCCC5)CC4)ns3)n2C)c(-c2cc(F)c3c(c2C)CCCO3)c1CC(=O)O. The van der Waals surface area contributed by atoms with Gasteiger partial charge in [-0.05, 0) is 111 Å². The second-order valence-corrected chi connectivity index (χ2v) is 12.9. The van der Waals surface area contributed by atoms with Crippen LogP contribution in [0.3, 0.4) is 0 Å². The lowest BCUT2D eigenvalue weighted by Gasteiger charge is -2.36. The highest BCUT2D eigenvalue weighted by atomic mass is 32.1. The van der Waals surface area contributed by atoms with Crippen molar-refractivity contribution in [3.63, 3.8) is 0 Å². The number of aliphatic carboxylic acids is 1. The molecule has 11 heteroatoms. The van der Waals surface area contributed by atoms with Crippen LogP contribution in [0.15, 0.2) is 12.1 Å². The van der Waals surface area contributed by atoms with Gasteiger partial charge in [-0.1, -0.05) is 0 Å². The summed E-state index contributed by atoms with van der Waals surface area (Å²) in [7, 11) is 1.95. The Morgan fingerprint density at radius 1 is 1.12 bits per heavy atom. The molecule has 226 valence electrons. The summed E-state index contributed by atoms with van der Waals surface area (Å²) >= 11 is 1.36. The molecule has 3 aliphatic heterocycles. The Balaban J connectivity index is 1.29. The fourth-order valence-electron chi connectivity index (χ4n) is 7.27. The van der Waals surface area contributed by atoms with E-state index in [9.17, 15) is 9.90 Å². The van der Waals surface area contributed by atoms with Crippen LogP contribution < -0.4 is 9.64 Å². The fraction of sp³-hybridized carbons (Fsp3) is 0.500. The van der Waals surface area contributed by atoms with Crippen molar-refractivity contribution >= 4 is 34.5 Å². The molecule has 1 N–H and O–H groups in total. The predicted octanol–water partition coefficient (Wildman–Crippen LogP) is 5.53. The maximum Gasteiger partial charge on any atom is 0.307 e. The topological polar surface area (TPSA) is 96.6 Å². The minimum absolute atomic E-state index is 0.209. The first-order chi connectivity index (χ1) is 20.8. The summed E-state index contributed by atoms with van der Waals surface area (Å²) in [5.74, 6) is -0.302. The highest BCUT2D eigenvalue weighted by Crippen LogP contribution is 2.43. The van der Waals surface area contributed by atoms with Gasteiger partial charge in [0.1, 0.15) is 5.65 Å². The number of ether oxygens (including phenoxy) is 1. The summed E-state index contributed by atoms with van der Waals surface area (Å²) in [4.78, 5) is 26.8. The minimum Gasteiger partial charge on any atom is -0.490 e. The molecule has 0 spiro atoms. The summed E-state index contributed by atoms with van der Waals surface area (Å²) in [6, 6.07) is 4.17. The Kier molecular flexibility index (Phi) is 7.33. The summed E-state index contributed by atoms with van der Waals surface area (Å²) < 4.78 is 27.9. The molecule has 1 aromatic carbocycles. The molecule has 0 atom stereocenters. The van der Waals surface area contributed by atoms with Crippen molar-refractivity contribution in [1.82, 2.24) is 23.8 Å². The lowest BCUT2D eigenvalue weighted by molar-refractivity contribution is -0.136. The van der Waals surface area contributed by atoms with E-state index in [0.717, 1.165) is 71.9 Å². The van der Waals surface area contributed by atoms with Gasteiger partial charge in [0.25, 0.3) is 0 Å². The predicted molar refractivity (Wildman–Crippen MR) is 166 cm³/mol. The number of piperidine rings is 1. The number of nitrogens with zero attached hydrogens (tertiary/aromatic N) is 6. The second-order valence-electron chi connectivity index (χ2n) is 12.1. The molecule has 0 unspecified atom stereocenters. The number of pyridine rings is 1. The number of carbonyl (C=O) groups is 1. The maximum atomic E-state index is 15.4. The van der Waals surface area contributed by atoms with E-state index in [0.29, 0.717) is 46.4 Å². The van der Waals surface area contributed by atoms with Gasteiger partial charge in [-0.2, -0.15) is 9.36 Å². The van der Waals surface area contributed by atoms with Crippen LogP contribution in [0, 0.1) is 19.7 Å². The first-order valence-corrected chi connectivity index (χ1v) is 16.1. The zero-order valence-corrected chi connectivity index (χ0v) is 25.8. The van der Waals surface area contributed by atoms with E-state index in [2.05, 4.69) is 9.80 Å². The zero-order valence-electron chi connectivity index (χ0n) is 25.0. The number of carboxylic acids is 1. The number of benzene rings is 1. The zero-order chi connectivity index (χ0) is 29.8. The van der Waals surface area contributed by atoms with Crippen molar-refractivity contribution in [2.24, 2.45) is 7.05 Å². The van der Waals surface area contributed by atoms with E-state index < -0.39 is 11.8 Å². The Morgan fingerprint density at radius 2 is 1.88 bits per heavy atom. The van der Waals surface area contributed by atoms with E-state index in [1.54, 1.807) is 0 Å². The number of hydrogen-bond donors (Lipinski definition) is 1. The molecule has 0 amide bonds. The van der Waals surface area contributed by atoms with E-state index in [1.165, 1.54) is 43.5 Å². The van der Waals surface area contributed by atoms with Gasteiger partial charge in [0.15, 0.2) is 16.6 Å². The molecule has 0 radical (unpaired) electrons. The Labute approximate surface area is 254 Å². The first-order valence-electron chi connectivity index (χ1n) is 15.3. The van der Waals surface area contributed by atoms with Crippen LogP contribution in [0.1, 0.15) is 54.5 Å². The van der Waals surface area contributed by atoms with Gasteiger partial charge in [-0.25, -0.2) is 9.37 Å². The van der Waals surface area contributed by atoms with Crippen LogP contribution in [-0.4, -0.2) is 73.7 Å². The Bertz CT molecular complexity index is 1720. The quantitative estimate of drug-likeness (QED) is 0.307. The molecule has 3 aromatic heterocycles. The molecule has 0 bridgehead atoms. The van der Waals surface area contributed by atoms with Gasteiger partial charge in [-0.15, -0.1) is 0 Å². The fourth-order valence-corrected chi connectivity index (χ4v) is 8.00. The second kappa shape index (κ2) is 11.2. The number of carboxylic acid groups (broad SMARTS) is 1. The van der Waals surface area contributed by atoms with Crippen LogP contribution in [0.2, 0.25) is 0 Å². The Hall–Kier alpha value is -3.57. The normalized spacial score (nSPS) is 17.9. The molecule has 0 saturated carbocycles. The largest absolute Gasteiger partial charge is 0.490 e. The number of anilines is 1. The van der Waals surface area contributed by atoms with Crippen LogP contribution in [-0.2, 0) is 24.7 Å². The van der Waals surface area contributed by atoms with Gasteiger partial charge in [0.2, 0.25) is 5.95 Å². The standard InChI is InChI=1S/C32H37FN6O3S/c1-18-21-7-6-14-42-29(21)25(33)15-22(18)28-23(17-27(40)41)19(2)34-30-24(28)16-26(37(30)3)31-35-32(36-43-31)39-12-8-20(9-13-39)38-10-4-5-11-38/h15-16,20H,4-14,17H2,1-3H3,(H,40,41). The van der Waals surface area contributed by atoms with Crippen molar-refractivity contribution < 1.29 is 19.0 Å². The summed E-state index contributed by atoms with van der Waals surface area (Å²) in [5.41, 5.74) is 5.92. The smallest absolute Gasteiger partial charge is 0.307 e. The molecule has 0 aliphatic carbocycles. The average Bonchev–Trinajstić information content (AvgIpc) is 3.77. The van der Waals surface area contributed by atoms with E-state index in [1.807, 2.05) is 31.5 Å². The van der Waals surface area contributed by atoms with Crippen molar-refractivity contribution in [2.45, 2.75) is 64.8 Å². The lowest BCUT2D eigenvalue weighted by atomic mass is 9.87. The molecular weight excluding hydrogens is 567 g/mol. The summed E-state index contributed by atoms with van der Waals surface area (Å²) in [6.45, 7) is 8.64. The third kappa shape index (κ3) is 4.96. The highest BCUT2D eigenvalue weighted by molar-refractivity contribution is 7.09. The first kappa shape index (κ1) is 28.2. The van der Waals surface area contributed by atoms with Gasteiger partial charge in [-0.3, -0.25) is 4.79 Å². The molecule has 4 aromatic rings. The van der Waals surface area contributed by atoms with E-state index >= 15 is 4.39 Å². The van der Waals surface area contributed by atoms with Gasteiger partial charge >= 0.3 is 5.97 Å². The van der Waals surface area contributed by atoms with Gasteiger partial charge in [0, 0.05) is 42.8 Å². The van der Waals surface area contributed by atoms with Crippen LogP contribution >= 0.6 is 11.5 Å². The summed E-state index contributed by atoms with van der Waals surface area (Å²) in [6.07, 6.45) is 6.20.